The second-order valence-electron chi connectivity index (χ2n) is 8.33. The van der Waals surface area contributed by atoms with E-state index in [2.05, 4.69) is 44.3 Å². The molecule has 1 aliphatic rings. The number of nitrogens with two attached hydrogens (primary N) is 1. The maximum Gasteiger partial charge on any atom is 0.222 e. The maximum atomic E-state index is 12.9. The Balaban J connectivity index is 1.22. The van der Waals surface area contributed by atoms with Crippen molar-refractivity contribution in [3.63, 3.8) is 0 Å². The molecule has 4 aromatic rings. The van der Waals surface area contributed by atoms with Crippen molar-refractivity contribution in [2.75, 3.05) is 18.8 Å². The summed E-state index contributed by atoms with van der Waals surface area (Å²) in [5, 5.41) is 1.24. The quantitative estimate of drug-likeness (QED) is 0.486. The van der Waals surface area contributed by atoms with Crippen LogP contribution in [0.4, 0.5) is 5.82 Å². The van der Waals surface area contributed by atoms with Gasteiger partial charge in [0.05, 0.1) is 5.69 Å². The first-order valence-electron chi connectivity index (χ1n) is 11.0. The van der Waals surface area contributed by atoms with Crippen LogP contribution in [0.3, 0.4) is 0 Å². The van der Waals surface area contributed by atoms with Crippen molar-refractivity contribution in [3.05, 3.63) is 72.6 Å². The number of aryl methyl sites for hydroxylation is 1. The van der Waals surface area contributed by atoms with Gasteiger partial charge in [-0.3, -0.25) is 4.79 Å². The van der Waals surface area contributed by atoms with Crippen molar-refractivity contribution in [3.8, 4) is 11.1 Å². The Bertz CT molecular complexity index is 1250. The van der Waals surface area contributed by atoms with E-state index in [1.807, 2.05) is 29.3 Å². The number of aromatic nitrogens is 4. The number of nitrogens with one attached hydrogen (secondary N) is 1. The first-order valence-corrected chi connectivity index (χ1v) is 11.0. The van der Waals surface area contributed by atoms with Gasteiger partial charge in [-0.15, -0.1) is 0 Å². The van der Waals surface area contributed by atoms with Crippen LogP contribution >= 0.6 is 0 Å². The van der Waals surface area contributed by atoms with Crippen LogP contribution in [0.25, 0.3) is 22.0 Å². The van der Waals surface area contributed by atoms with Gasteiger partial charge < -0.3 is 15.6 Å². The molecule has 162 valence electrons. The van der Waals surface area contributed by atoms with Gasteiger partial charge in [0.1, 0.15) is 12.1 Å². The number of benzene rings is 1. The fourth-order valence-corrected chi connectivity index (χ4v) is 4.64. The topological polar surface area (TPSA) is 101 Å². The van der Waals surface area contributed by atoms with E-state index in [-0.39, 0.29) is 11.8 Å². The van der Waals surface area contributed by atoms with Crippen LogP contribution in [0, 0.1) is 0 Å². The number of pyridine rings is 1. The largest absolute Gasteiger partial charge is 0.384 e. The Hall–Kier alpha value is -3.74. The smallest absolute Gasteiger partial charge is 0.222 e. The number of aromatic amines is 1. The monoisotopic (exact) mass is 426 g/mol. The summed E-state index contributed by atoms with van der Waals surface area (Å²) in [6, 6.07) is 12.0. The van der Waals surface area contributed by atoms with Crippen molar-refractivity contribution < 1.29 is 4.79 Å². The van der Waals surface area contributed by atoms with Gasteiger partial charge in [0, 0.05) is 60.5 Å². The van der Waals surface area contributed by atoms with Crippen LogP contribution in [0.1, 0.15) is 36.4 Å². The fraction of sp³-hybridized carbons (Fsp3) is 0.280. The van der Waals surface area contributed by atoms with Gasteiger partial charge >= 0.3 is 0 Å². The molecule has 5 rings (SSSR count). The summed E-state index contributed by atoms with van der Waals surface area (Å²) < 4.78 is 0. The van der Waals surface area contributed by atoms with Gasteiger partial charge in [0.25, 0.3) is 0 Å². The third-order valence-electron chi connectivity index (χ3n) is 6.27. The van der Waals surface area contributed by atoms with Crippen LogP contribution in [-0.2, 0) is 11.2 Å². The lowest BCUT2D eigenvalue weighted by atomic mass is 9.96. The SMILES string of the molecule is Nc1cc(-c2cncnc2[C@H]2CCN(C(=O)CCCc3c[nH]c4ccccc34)C2)ccn1. The highest BCUT2D eigenvalue weighted by Crippen LogP contribution is 2.33. The molecule has 1 fully saturated rings. The number of nitrogens with zero attached hydrogens (tertiary/aromatic N) is 4. The molecule has 4 heterocycles. The Morgan fingerprint density at radius 2 is 2.12 bits per heavy atom. The highest BCUT2D eigenvalue weighted by molar-refractivity contribution is 5.83. The van der Waals surface area contributed by atoms with Crippen molar-refractivity contribution in [1.82, 2.24) is 24.8 Å². The number of para-hydroxylation sites is 1. The lowest BCUT2D eigenvalue weighted by molar-refractivity contribution is -0.130. The van der Waals surface area contributed by atoms with Gasteiger partial charge in [-0.05, 0) is 48.6 Å². The molecule has 0 unspecified atom stereocenters. The van der Waals surface area contributed by atoms with E-state index in [9.17, 15) is 4.79 Å². The van der Waals surface area contributed by atoms with E-state index in [1.165, 1.54) is 10.9 Å². The summed E-state index contributed by atoms with van der Waals surface area (Å²) in [7, 11) is 0. The summed E-state index contributed by atoms with van der Waals surface area (Å²) in [5.41, 5.74) is 11.2. The minimum atomic E-state index is 0.194. The zero-order valence-electron chi connectivity index (χ0n) is 17.9. The van der Waals surface area contributed by atoms with Crippen molar-refractivity contribution >= 4 is 22.6 Å². The third-order valence-corrected chi connectivity index (χ3v) is 6.27. The van der Waals surface area contributed by atoms with Gasteiger partial charge in [-0.25, -0.2) is 15.0 Å². The van der Waals surface area contributed by atoms with E-state index in [1.54, 1.807) is 12.5 Å². The second-order valence-corrected chi connectivity index (χ2v) is 8.33. The summed E-state index contributed by atoms with van der Waals surface area (Å²) in [6.07, 6.45) is 10.4. The van der Waals surface area contributed by atoms with E-state index in [0.29, 0.717) is 18.8 Å². The number of anilines is 1. The van der Waals surface area contributed by atoms with Crippen LogP contribution < -0.4 is 5.73 Å². The van der Waals surface area contributed by atoms with Crippen molar-refractivity contribution in [2.24, 2.45) is 0 Å². The summed E-state index contributed by atoms with van der Waals surface area (Å²) >= 11 is 0. The van der Waals surface area contributed by atoms with E-state index >= 15 is 0 Å². The van der Waals surface area contributed by atoms with Crippen LogP contribution in [0.2, 0.25) is 0 Å². The van der Waals surface area contributed by atoms with Crippen LogP contribution in [-0.4, -0.2) is 43.8 Å². The van der Waals surface area contributed by atoms with E-state index in [4.69, 9.17) is 5.73 Å². The second kappa shape index (κ2) is 8.78. The van der Waals surface area contributed by atoms with Gasteiger partial charge in [0.15, 0.2) is 0 Å². The average Bonchev–Trinajstić information content (AvgIpc) is 3.47. The normalized spacial score (nSPS) is 16.0. The summed E-state index contributed by atoms with van der Waals surface area (Å²) in [5.74, 6) is 0.881. The number of likely N-dealkylation sites (tertiary alicyclic amines) is 1. The molecule has 3 N–H and O–H groups in total. The molecule has 1 saturated heterocycles. The van der Waals surface area contributed by atoms with Crippen LogP contribution in [0.15, 0.2) is 61.3 Å². The molecule has 7 heteroatoms. The number of rotatable bonds is 6. The predicted molar refractivity (Wildman–Crippen MR) is 125 cm³/mol. The zero-order chi connectivity index (χ0) is 21.9. The number of hydrogen-bond acceptors (Lipinski definition) is 5. The summed E-state index contributed by atoms with van der Waals surface area (Å²) in [6.45, 7) is 1.45. The first kappa shape index (κ1) is 20.2. The first-order chi connectivity index (χ1) is 15.7. The van der Waals surface area contributed by atoms with Gasteiger partial charge in [0.2, 0.25) is 5.91 Å². The Kier molecular flexibility index (Phi) is 5.54. The van der Waals surface area contributed by atoms with Crippen molar-refractivity contribution in [2.45, 2.75) is 31.6 Å². The number of nitrogen functional groups attached to an aromatic ring is 1. The Morgan fingerprint density at radius 1 is 1.22 bits per heavy atom. The molecule has 1 atom stereocenters. The number of H-pyrrole nitrogens is 1. The number of fused-ring (bicyclic) bond motifs is 1. The number of carbonyl (C=O) groups is 1. The van der Waals surface area contributed by atoms with Gasteiger partial charge in [-0.2, -0.15) is 0 Å². The Morgan fingerprint density at radius 3 is 3.03 bits per heavy atom. The Labute approximate surface area is 186 Å². The summed E-state index contributed by atoms with van der Waals surface area (Å²) in [4.78, 5) is 31.0. The minimum Gasteiger partial charge on any atom is -0.384 e. The minimum absolute atomic E-state index is 0.194. The zero-order valence-corrected chi connectivity index (χ0v) is 17.9. The molecular weight excluding hydrogens is 400 g/mol. The molecule has 7 nitrogen and oxygen atoms in total. The standard InChI is InChI=1S/C25H26N6O/c26-23-12-17(8-10-28-23)21-14-27-16-30-25(21)19-9-11-31(15-19)24(32)7-3-4-18-13-29-22-6-2-1-5-20(18)22/h1-2,5-6,8,10,12-14,16,19,29H,3-4,7,9,11,15H2,(H2,26,28)/t19-/m0/s1. The van der Waals surface area contributed by atoms with Crippen molar-refractivity contribution in [1.29, 1.82) is 0 Å². The number of hydrogen-bond donors (Lipinski definition) is 2. The maximum absolute atomic E-state index is 12.9. The predicted octanol–water partition coefficient (Wildman–Crippen LogP) is 3.94. The van der Waals surface area contributed by atoms with Gasteiger partial charge in [-0.1, -0.05) is 18.2 Å². The molecule has 1 aliphatic heterocycles. The van der Waals surface area contributed by atoms with E-state index < -0.39 is 0 Å². The molecule has 0 bridgehead atoms. The highest BCUT2D eigenvalue weighted by atomic mass is 16.2. The lowest BCUT2D eigenvalue weighted by Crippen LogP contribution is -2.28. The molecular formula is C25H26N6O. The molecule has 1 amide bonds. The molecule has 1 aromatic carbocycles. The molecule has 3 aromatic heterocycles. The number of carbonyl (C=O) groups excluding carboxylic acids is 1. The molecule has 32 heavy (non-hydrogen) atoms. The average molecular weight is 427 g/mol. The molecule has 0 aliphatic carbocycles. The number of amides is 1. The molecule has 0 radical (unpaired) electrons. The molecule has 0 saturated carbocycles. The highest BCUT2D eigenvalue weighted by Gasteiger charge is 2.29. The fourth-order valence-electron chi connectivity index (χ4n) is 4.64. The lowest BCUT2D eigenvalue weighted by Gasteiger charge is -2.17. The third kappa shape index (κ3) is 4.06. The molecule has 0 spiro atoms. The van der Waals surface area contributed by atoms with Crippen LogP contribution in [0.5, 0.6) is 0 Å². The van der Waals surface area contributed by atoms with E-state index in [0.717, 1.165) is 48.1 Å².